The van der Waals surface area contributed by atoms with E-state index in [0.717, 1.165) is 48.7 Å². The molecular weight excluding hydrogens is 374 g/mol. The summed E-state index contributed by atoms with van der Waals surface area (Å²) < 4.78 is 11.6. The lowest BCUT2D eigenvalue weighted by molar-refractivity contribution is 0.307. The lowest BCUT2D eigenvalue weighted by Crippen LogP contribution is -2.14. The number of ether oxygens (including phenoxy) is 1. The number of rotatable bonds is 6. The molecule has 1 aliphatic rings. The predicted molar refractivity (Wildman–Crippen MR) is 112 cm³/mol. The van der Waals surface area contributed by atoms with Crippen molar-refractivity contribution in [1.29, 1.82) is 0 Å². The first kappa shape index (κ1) is 20.4. The first-order chi connectivity index (χ1) is 13.4. The molecule has 5 nitrogen and oxygen atoms in total. The summed E-state index contributed by atoms with van der Waals surface area (Å²) in [6.07, 6.45) is 4.43. The predicted octanol–water partition coefficient (Wildman–Crippen LogP) is 4.67. The van der Waals surface area contributed by atoms with Gasteiger partial charge in [0, 0.05) is 6.42 Å². The van der Waals surface area contributed by atoms with Gasteiger partial charge in [0.25, 0.3) is 0 Å². The van der Waals surface area contributed by atoms with Crippen molar-refractivity contribution >= 4 is 12.4 Å². The van der Waals surface area contributed by atoms with Crippen LogP contribution in [0.5, 0.6) is 5.75 Å². The number of hydrogen-bond donors (Lipinski definition) is 1. The van der Waals surface area contributed by atoms with Gasteiger partial charge >= 0.3 is 0 Å². The highest BCUT2D eigenvalue weighted by Gasteiger charge is 2.18. The fourth-order valence-corrected chi connectivity index (χ4v) is 3.50. The Morgan fingerprint density at radius 1 is 1.00 bits per heavy atom. The lowest BCUT2D eigenvalue weighted by atomic mass is 9.97. The first-order valence-electron chi connectivity index (χ1n) is 9.68. The number of aromatic nitrogens is 2. The lowest BCUT2D eigenvalue weighted by Gasteiger charge is -2.10. The second kappa shape index (κ2) is 10.2. The summed E-state index contributed by atoms with van der Waals surface area (Å²) in [7, 11) is 0. The van der Waals surface area contributed by atoms with Crippen LogP contribution in [0.25, 0.3) is 11.4 Å². The zero-order valence-corrected chi connectivity index (χ0v) is 16.7. The van der Waals surface area contributed by atoms with E-state index in [9.17, 15) is 0 Å². The Balaban J connectivity index is 0.00000225. The molecule has 4 rings (SSSR count). The van der Waals surface area contributed by atoms with Crippen molar-refractivity contribution < 1.29 is 9.26 Å². The van der Waals surface area contributed by atoms with Crippen LogP contribution in [-0.4, -0.2) is 23.2 Å². The van der Waals surface area contributed by atoms with Crippen molar-refractivity contribution in [3.8, 4) is 17.1 Å². The van der Waals surface area contributed by atoms with Gasteiger partial charge in [0.15, 0.2) is 0 Å². The molecule has 0 saturated carbocycles. The topological polar surface area (TPSA) is 60.2 Å². The van der Waals surface area contributed by atoms with E-state index in [4.69, 9.17) is 9.26 Å². The maximum atomic E-state index is 6.02. The van der Waals surface area contributed by atoms with Crippen molar-refractivity contribution in [2.75, 3.05) is 13.1 Å². The third kappa shape index (κ3) is 5.33. The van der Waals surface area contributed by atoms with Crippen molar-refractivity contribution in [1.82, 2.24) is 15.5 Å². The molecule has 0 spiro atoms. The Morgan fingerprint density at radius 2 is 1.82 bits per heavy atom. The summed E-state index contributed by atoms with van der Waals surface area (Å²) in [6.45, 7) is 2.69. The highest BCUT2D eigenvalue weighted by Crippen LogP contribution is 2.29. The summed E-state index contributed by atoms with van der Waals surface area (Å²) in [5.74, 6) is 2.69. The SMILES string of the molecule is Cl.c1ccc(COc2ccccc2-c2noc(CC3CCCNCC3)n2)cc1. The summed E-state index contributed by atoms with van der Waals surface area (Å²) in [5.41, 5.74) is 1.99. The number of halogens is 1. The Morgan fingerprint density at radius 3 is 2.71 bits per heavy atom. The summed E-state index contributed by atoms with van der Waals surface area (Å²) in [6, 6.07) is 18.0. The Kier molecular flexibility index (Phi) is 7.46. The maximum absolute atomic E-state index is 6.02. The molecule has 1 unspecified atom stereocenters. The van der Waals surface area contributed by atoms with Gasteiger partial charge in [0.1, 0.15) is 12.4 Å². The molecule has 2 aromatic carbocycles. The van der Waals surface area contributed by atoms with E-state index in [-0.39, 0.29) is 12.4 Å². The fourth-order valence-electron chi connectivity index (χ4n) is 3.50. The number of para-hydroxylation sites is 1. The average Bonchev–Trinajstić information content (AvgIpc) is 3.02. The molecule has 0 aliphatic carbocycles. The van der Waals surface area contributed by atoms with E-state index in [0.29, 0.717) is 18.3 Å². The summed E-state index contributed by atoms with van der Waals surface area (Å²) in [5, 5.41) is 7.66. The van der Waals surface area contributed by atoms with E-state index < -0.39 is 0 Å². The van der Waals surface area contributed by atoms with Crippen LogP contribution in [0.2, 0.25) is 0 Å². The van der Waals surface area contributed by atoms with Gasteiger partial charge in [-0.25, -0.2) is 0 Å². The molecule has 6 heteroatoms. The van der Waals surface area contributed by atoms with Gasteiger partial charge < -0.3 is 14.6 Å². The van der Waals surface area contributed by atoms with Gasteiger partial charge in [-0.3, -0.25) is 0 Å². The minimum atomic E-state index is 0. The Bertz CT molecular complexity index is 846. The van der Waals surface area contributed by atoms with Crippen LogP contribution in [0.15, 0.2) is 59.1 Å². The molecule has 148 valence electrons. The third-order valence-electron chi connectivity index (χ3n) is 4.99. The second-order valence-corrected chi connectivity index (χ2v) is 7.03. The smallest absolute Gasteiger partial charge is 0.227 e. The minimum absolute atomic E-state index is 0. The van der Waals surface area contributed by atoms with E-state index in [1.165, 1.54) is 12.8 Å². The van der Waals surface area contributed by atoms with Gasteiger partial charge in [-0.2, -0.15) is 4.98 Å². The third-order valence-corrected chi connectivity index (χ3v) is 4.99. The summed E-state index contributed by atoms with van der Waals surface area (Å²) in [4.78, 5) is 4.64. The van der Waals surface area contributed by atoms with Gasteiger partial charge in [-0.1, -0.05) is 47.6 Å². The van der Waals surface area contributed by atoms with Crippen LogP contribution in [0.4, 0.5) is 0 Å². The molecule has 1 atom stereocenters. The summed E-state index contributed by atoms with van der Waals surface area (Å²) >= 11 is 0. The molecule has 1 fully saturated rings. The van der Waals surface area contributed by atoms with Crippen molar-refractivity contribution in [2.45, 2.75) is 32.3 Å². The second-order valence-electron chi connectivity index (χ2n) is 7.03. The maximum Gasteiger partial charge on any atom is 0.227 e. The van der Waals surface area contributed by atoms with Crippen molar-refractivity contribution in [2.24, 2.45) is 5.92 Å². The van der Waals surface area contributed by atoms with Crippen LogP contribution in [-0.2, 0) is 13.0 Å². The van der Waals surface area contributed by atoms with E-state index >= 15 is 0 Å². The van der Waals surface area contributed by atoms with Crippen LogP contribution in [0, 0.1) is 5.92 Å². The molecule has 2 heterocycles. The monoisotopic (exact) mass is 399 g/mol. The quantitative estimate of drug-likeness (QED) is 0.652. The minimum Gasteiger partial charge on any atom is -0.488 e. The largest absolute Gasteiger partial charge is 0.488 e. The average molecular weight is 400 g/mol. The molecule has 1 N–H and O–H groups in total. The standard InChI is InChI=1S/C22H25N3O2.ClH/c1-2-7-18(8-3-1)16-26-20-11-5-4-10-19(20)22-24-21(27-25-22)15-17-9-6-13-23-14-12-17;/h1-5,7-8,10-11,17,23H,6,9,12-16H2;1H. The number of benzene rings is 2. The van der Waals surface area contributed by atoms with Gasteiger partial charge in [0.2, 0.25) is 11.7 Å². The van der Waals surface area contributed by atoms with E-state index in [1.54, 1.807) is 0 Å². The molecular formula is C22H26ClN3O2. The highest BCUT2D eigenvalue weighted by molar-refractivity contribution is 5.85. The van der Waals surface area contributed by atoms with Gasteiger partial charge in [0.05, 0.1) is 5.56 Å². The van der Waals surface area contributed by atoms with Crippen molar-refractivity contribution in [3.05, 3.63) is 66.1 Å². The molecule has 3 aromatic rings. The van der Waals surface area contributed by atoms with Crippen LogP contribution >= 0.6 is 12.4 Å². The normalized spacial score (nSPS) is 16.8. The van der Waals surface area contributed by atoms with Gasteiger partial charge in [-0.05, 0) is 56.0 Å². The zero-order valence-electron chi connectivity index (χ0n) is 15.8. The zero-order chi connectivity index (χ0) is 18.3. The Hall–Kier alpha value is -2.37. The highest BCUT2D eigenvalue weighted by atomic mass is 35.5. The Labute approximate surface area is 171 Å². The number of nitrogens with one attached hydrogen (secondary N) is 1. The molecule has 28 heavy (non-hydrogen) atoms. The first-order valence-corrected chi connectivity index (χ1v) is 9.68. The van der Waals surface area contributed by atoms with Gasteiger partial charge in [-0.15, -0.1) is 12.4 Å². The number of nitrogens with zero attached hydrogens (tertiary/aromatic N) is 2. The van der Waals surface area contributed by atoms with Crippen LogP contribution in [0.3, 0.4) is 0 Å². The van der Waals surface area contributed by atoms with Crippen LogP contribution < -0.4 is 10.1 Å². The van der Waals surface area contributed by atoms with Crippen LogP contribution in [0.1, 0.15) is 30.7 Å². The fraction of sp³-hybridized carbons (Fsp3) is 0.364. The molecule has 0 radical (unpaired) electrons. The molecule has 1 saturated heterocycles. The van der Waals surface area contributed by atoms with Crippen molar-refractivity contribution in [3.63, 3.8) is 0 Å². The molecule has 0 amide bonds. The van der Waals surface area contributed by atoms with E-state index in [2.05, 4.69) is 27.6 Å². The number of hydrogen-bond acceptors (Lipinski definition) is 5. The molecule has 0 bridgehead atoms. The molecule has 1 aromatic heterocycles. The van der Waals surface area contributed by atoms with E-state index in [1.807, 2.05) is 42.5 Å². The molecule has 1 aliphatic heterocycles.